The molecule has 154 valence electrons. The third-order valence-electron chi connectivity index (χ3n) is 5.77. The highest BCUT2D eigenvalue weighted by molar-refractivity contribution is 5.79. The number of rotatable bonds is 3. The zero-order valence-corrected chi connectivity index (χ0v) is 16.4. The molecule has 0 amide bonds. The molecule has 1 aliphatic rings. The number of likely N-dealkylation sites (tertiary alicyclic amines) is 1. The van der Waals surface area contributed by atoms with E-state index in [2.05, 4.69) is 16.9 Å². The molecule has 1 N–H and O–H groups in total. The van der Waals surface area contributed by atoms with Crippen molar-refractivity contribution >= 4 is 5.65 Å². The van der Waals surface area contributed by atoms with Crippen LogP contribution in [0.3, 0.4) is 0 Å². The number of nitrogens with zero attached hydrogens (tertiary/aromatic N) is 3. The smallest absolute Gasteiger partial charge is 0.304 e. The van der Waals surface area contributed by atoms with Gasteiger partial charge < -0.3 is 4.90 Å². The van der Waals surface area contributed by atoms with Crippen molar-refractivity contribution in [2.24, 2.45) is 0 Å². The normalized spacial score (nSPS) is 16.6. The summed E-state index contributed by atoms with van der Waals surface area (Å²) in [6, 6.07) is 6.54. The molecule has 1 aromatic carbocycles. The lowest BCUT2D eigenvalue weighted by molar-refractivity contribution is -0.137. The molecule has 0 aliphatic carbocycles. The van der Waals surface area contributed by atoms with Crippen LogP contribution in [-0.4, -0.2) is 39.1 Å². The zero-order chi connectivity index (χ0) is 20.8. The molecule has 1 saturated heterocycles. The van der Waals surface area contributed by atoms with E-state index in [0.29, 0.717) is 22.5 Å². The third-order valence-corrected chi connectivity index (χ3v) is 5.77. The Kier molecular flexibility index (Phi) is 4.98. The van der Waals surface area contributed by atoms with E-state index < -0.39 is 11.7 Å². The first-order valence-electron chi connectivity index (χ1n) is 9.80. The highest BCUT2D eigenvalue weighted by Gasteiger charge is 2.30. The largest absolute Gasteiger partial charge is 0.416 e. The van der Waals surface area contributed by atoms with Crippen molar-refractivity contribution in [3.05, 3.63) is 57.6 Å². The Balaban J connectivity index is 1.76. The van der Waals surface area contributed by atoms with E-state index in [1.54, 1.807) is 13.0 Å². The maximum Gasteiger partial charge on any atom is 0.416 e. The van der Waals surface area contributed by atoms with Crippen LogP contribution in [0.1, 0.15) is 42.6 Å². The first kappa shape index (κ1) is 19.7. The number of hydrogen-bond donors (Lipinski definition) is 1. The van der Waals surface area contributed by atoms with Gasteiger partial charge in [-0.1, -0.05) is 19.1 Å². The minimum Gasteiger partial charge on any atom is -0.304 e. The van der Waals surface area contributed by atoms with Gasteiger partial charge in [0.05, 0.1) is 11.3 Å². The van der Waals surface area contributed by atoms with E-state index in [1.807, 2.05) is 0 Å². The van der Waals surface area contributed by atoms with Crippen molar-refractivity contribution < 1.29 is 13.2 Å². The number of fused-ring (bicyclic) bond motifs is 1. The number of benzene rings is 1. The number of alkyl halides is 3. The summed E-state index contributed by atoms with van der Waals surface area (Å²) in [7, 11) is 0. The van der Waals surface area contributed by atoms with Crippen molar-refractivity contribution in [3.8, 4) is 11.1 Å². The molecule has 0 unspecified atom stereocenters. The number of aromatic nitrogens is 3. The topological polar surface area (TPSA) is 53.4 Å². The molecular weight excluding hydrogens is 381 g/mol. The highest BCUT2D eigenvalue weighted by Crippen LogP contribution is 2.33. The molecular formula is C21H23F3N4O. The average molecular weight is 404 g/mol. The number of aryl methyl sites for hydroxylation is 1. The van der Waals surface area contributed by atoms with E-state index in [-0.39, 0.29) is 11.5 Å². The number of hydrogen-bond acceptors (Lipinski definition) is 3. The summed E-state index contributed by atoms with van der Waals surface area (Å²) in [6.45, 7) is 6.88. The van der Waals surface area contributed by atoms with Gasteiger partial charge in [0.2, 0.25) is 0 Å². The van der Waals surface area contributed by atoms with Gasteiger partial charge in [-0.25, -0.2) is 9.50 Å². The standard InChI is InChI=1S/C21H23F3N4O/c1-3-27-10-8-14(9-11-27)17-12-18(29)28-20(25-17)19(13(2)26-28)15-4-6-16(7-5-15)21(22,23)24/h4-7,12,14,26H,3,8-11H2,1-2H3. The molecule has 8 heteroatoms. The van der Waals surface area contributed by atoms with Crippen LogP contribution in [0, 0.1) is 6.92 Å². The monoisotopic (exact) mass is 404 g/mol. The van der Waals surface area contributed by atoms with Gasteiger partial charge >= 0.3 is 6.18 Å². The highest BCUT2D eigenvalue weighted by atomic mass is 19.4. The van der Waals surface area contributed by atoms with Crippen LogP contribution in [0.5, 0.6) is 0 Å². The van der Waals surface area contributed by atoms with Gasteiger partial charge in [0.25, 0.3) is 5.56 Å². The van der Waals surface area contributed by atoms with Crippen molar-refractivity contribution in [1.29, 1.82) is 0 Å². The lowest BCUT2D eigenvalue weighted by Gasteiger charge is -2.30. The van der Waals surface area contributed by atoms with Gasteiger partial charge in [-0.3, -0.25) is 9.89 Å². The SMILES string of the molecule is CCN1CCC(c2cc(=O)n3[nH]c(C)c(-c4ccc(C(F)(F)F)cc4)c3n2)CC1. The zero-order valence-electron chi connectivity index (χ0n) is 16.4. The minimum absolute atomic E-state index is 0.204. The summed E-state index contributed by atoms with van der Waals surface area (Å²) in [5, 5.41) is 3.00. The lowest BCUT2D eigenvalue weighted by Crippen LogP contribution is -2.33. The molecule has 0 bridgehead atoms. The first-order chi connectivity index (χ1) is 13.8. The second-order valence-electron chi connectivity index (χ2n) is 7.57. The maximum atomic E-state index is 12.9. The Labute approximate surface area is 166 Å². The van der Waals surface area contributed by atoms with Gasteiger partial charge in [-0.2, -0.15) is 13.2 Å². The fraction of sp³-hybridized carbons (Fsp3) is 0.429. The van der Waals surface area contributed by atoms with Gasteiger partial charge in [-0.05, 0) is 57.1 Å². The Morgan fingerprint density at radius 1 is 1.17 bits per heavy atom. The third kappa shape index (κ3) is 3.69. The Morgan fingerprint density at radius 3 is 2.41 bits per heavy atom. The molecule has 0 radical (unpaired) electrons. The van der Waals surface area contributed by atoms with E-state index >= 15 is 0 Å². The molecule has 0 spiro atoms. The number of halogens is 3. The fourth-order valence-electron chi connectivity index (χ4n) is 4.09. The predicted molar refractivity (Wildman–Crippen MR) is 105 cm³/mol. The summed E-state index contributed by atoms with van der Waals surface area (Å²) >= 11 is 0. The van der Waals surface area contributed by atoms with Crippen LogP contribution in [0.15, 0.2) is 35.1 Å². The van der Waals surface area contributed by atoms with E-state index in [1.165, 1.54) is 16.6 Å². The number of piperidine rings is 1. The number of aromatic amines is 1. The number of nitrogens with one attached hydrogen (secondary N) is 1. The van der Waals surface area contributed by atoms with Crippen LogP contribution in [0.25, 0.3) is 16.8 Å². The second-order valence-corrected chi connectivity index (χ2v) is 7.57. The molecule has 29 heavy (non-hydrogen) atoms. The average Bonchev–Trinajstić information content (AvgIpc) is 3.04. The minimum atomic E-state index is -4.39. The Hall–Kier alpha value is -2.61. The van der Waals surface area contributed by atoms with Gasteiger partial charge in [0.1, 0.15) is 0 Å². The van der Waals surface area contributed by atoms with Crippen molar-refractivity contribution in [1.82, 2.24) is 19.5 Å². The molecule has 2 aromatic heterocycles. The summed E-state index contributed by atoms with van der Waals surface area (Å²) in [5.74, 6) is 0.214. The maximum absolute atomic E-state index is 12.9. The number of H-pyrrole nitrogens is 1. The predicted octanol–water partition coefficient (Wildman–Crippen LogP) is 4.22. The fourth-order valence-corrected chi connectivity index (χ4v) is 4.09. The summed E-state index contributed by atoms with van der Waals surface area (Å²) < 4.78 is 40.0. The lowest BCUT2D eigenvalue weighted by atomic mass is 9.93. The molecule has 4 rings (SSSR count). The molecule has 0 saturated carbocycles. The van der Waals surface area contributed by atoms with Gasteiger partial charge in [-0.15, -0.1) is 0 Å². The summed E-state index contributed by atoms with van der Waals surface area (Å²) in [5.41, 5.74) is 2.26. The molecule has 1 aliphatic heterocycles. The summed E-state index contributed by atoms with van der Waals surface area (Å²) in [6.07, 6.45) is -2.51. The quantitative estimate of drug-likeness (QED) is 0.711. The molecule has 5 nitrogen and oxygen atoms in total. The molecule has 3 heterocycles. The van der Waals surface area contributed by atoms with Crippen molar-refractivity contribution in [2.45, 2.75) is 38.8 Å². The molecule has 0 atom stereocenters. The Morgan fingerprint density at radius 2 is 1.83 bits per heavy atom. The van der Waals surface area contributed by atoms with Crippen LogP contribution in [0.4, 0.5) is 13.2 Å². The molecule has 3 aromatic rings. The summed E-state index contributed by atoms with van der Waals surface area (Å²) in [4.78, 5) is 19.8. The van der Waals surface area contributed by atoms with Gasteiger partial charge in [0, 0.05) is 23.2 Å². The van der Waals surface area contributed by atoms with Gasteiger partial charge in [0.15, 0.2) is 5.65 Å². The first-order valence-corrected chi connectivity index (χ1v) is 9.80. The van der Waals surface area contributed by atoms with Crippen LogP contribution in [0.2, 0.25) is 0 Å². The van der Waals surface area contributed by atoms with Crippen molar-refractivity contribution in [2.75, 3.05) is 19.6 Å². The molecule has 1 fully saturated rings. The van der Waals surface area contributed by atoms with Crippen LogP contribution in [-0.2, 0) is 6.18 Å². The van der Waals surface area contributed by atoms with Crippen molar-refractivity contribution in [3.63, 3.8) is 0 Å². The second kappa shape index (κ2) is 7.33. The van der Waals surface area contributed by atoms with E-state index in [9.17, 15) is 18.0 Å². The Bertz CT molecular complexity index is 1070. The van der Waals surface area contributed by atoms with Crippen LogP contribution < -0.4 is 5.56 Å². The van der Waals surface area contributed by atoms with E-state index in [0.717, 1.165) is 50.3 Å². The van der Waals surface area contributed by atoms with Crippen LogP contribution >= 0.6 is 0 Å². The van der Waals surface area contributed by atoms with E-state index in [4.69, 9.17) is 4.98 Å².